The second kappa shape index (κ2) is 8.27. The number of hydrogen-bond acceptors (Lipinski definition) is 3. The number of halogens is 3. The smallest absolute Gasteiger partial charge is 0.387 e. The molecule has 0 aliphatic rings. The average molecular weight is 354 g/mol. The van der Waals surface area contributed by atoms with Crippen molar-refractivity contribution in [2.75, 3.05) is 12.4 Å². The third-order valence-corrected chi connectivity index (χ3v) is 3.36. The maximum Gasteiger partial charge on any atom is 0.387 e. The van der Waals surface area contributed by atoms with Crippen molar-refractivity contribution in [1.29, 1.82) is 0 Å². The molecule has 0 fully saturated rings. The summed E-state index contributed by atoms with van der Waals surface area (Å²) in [5.41, 5.74) is 0.960. The number of carbonyl (C=O) groups excluding carboxylic acids is 1. The van der Waals surface area contributed by atoms with E-state index in [2.05, 4.69) is 15.4 Å². The number of anilines is 1. The Kier molecular flexibility index (Phi) is 6.10. The molecule has 1 atom stereocenters. The standard InChI is InChI=1S/C17H17F3N2O3/c1-10(11-3-8-15(24-2)14(18)9-11)21-17(23)22-12-4-6-13(7-5-12)25-16(19)20/h3-10,16H,1-2H3,(H2,21,22,23)/t10-/m0/s1. The molecule has 134 valence electrons. The minimum atomic E-state index is -2.91. The quantitative estimate of drug-likeness (QED) is 0.812. The molecule has 0 heterocycles. The summed E-state index contributed by atoms with van der Waals surface area (Å²) in [6.07, 6.45) is 0. The van der Waals surface area contributed by atoms with Crippen molar-refractivity contribution in [2.24, 2.45) is 0 Å². The number of carbonyl (C=O) groups is 1. The van der Waals surface area contributed by atoms with Crippen molar-refractivity contribution in [3.05, 3.63) is 53.8 Å². The Morgan fingerprint density at radius 2 is 1.80 bits per heavy atom. The summed E-state index contributed by atoms with van der Waals surface area (Å²) >= 11 is 0. The lowest BCUT2D eigenvalue weighted by molar-refractivity contribution is -0.0498. The highest BCUT2D eigenvalue weighted by molar-refractivity contribution is 5.89. The molecule has 0 aliphatic carbocycles. The van der Waals surface area contributed by atoms with Crippen molar-refractivity contribution >= 4 is 11.7 Å². The molecule has 2 aromatic carbocycles. The fourth-order valence-electron chi connectivity index (χ4n) is 2.12. The molecule has 0 aliphatic heterocycles. The van der Waals surface area contributed by atoms with Crippen molar-refractivity contribution in [3.63, 3.8) is 0 Å². The predicted molar refractivity (Wildman–Crippen MR) is 86.6 cm³/mol. The number of alkyl halides is 2. The largest absolute Gasteiger partial charge is 0.494 e. The van der Waals surface area contributed by atoms with Gasteiger partial charge in [-0.15, -0.1) is 0 Å². The van der Waals surface area contributed by atoms with Gasteiger partial charge in [0.25, 0.3) is 0 Å². The fraction of sp³-hybridized carbons (Fsp3) is 0.235. The van der Waals surface area contributed by atoms with Gasteiger partial charge in [0, 0.05) is 5.69 Å². The topological polar surface area (TPSA) is 59.6 Å². The first-order valence-corrected chi connectivity index (χ1v) is 7.35. The molecule has 8 heteroatoms. The van der Waals surface area contributed by atoms with Crippen LogP contribution < -0.4 is 20.1 Å². The Morgan fingerprint density at radius 3 is 2.36 bits per heavy atom. The summed E-state index contributed by atoms with van der Waals surface area (Å²) < 4.78 is 46.9. The number of methoxy groups -OCH3 is 1. The molecule has 0 aromatic heterocycles. The minimum Gasteiger partial charge on any atom is -0.494 e. The first-order valence-electron chi connectivity index (χ1n) is 7.35. The number of hydrogen-bond donors (Lipinski definition) is 2. The monoisotopic (exact) mass is 354 g/mol. The van der Waals surface area contributed by atoms with E-state index in [1.807, 2.05) is 0 Å². The number of rotatable bonds is 6. The first-order chi connectivity index (χ1) is 11.9. The number of ether oxygens (including phenoxy) is 2. The molecule has 0 spiro atoms. The second-order valence-electron chi connectivity index (χ2n) is 5.12. The Labute approximate surface area is 142 Å². The van der Waals surface area contributed by atoms with E-state index in [1.54, 1.807) is 13.0 Å². The summed E-state index contributed by atoms with van der Waals surface area (Å²) in [4.78, 5) is 12.0. The van der Waals surface area contributed by atoms with Crippen molar-refractivity contribution in [3.8, 4) is 11.5 Å². The summed E-state index contributed by atoms with van der Waals surface area (Å²) in [5, 5.41) is 5.20. The summed E-state index contributed by atoms with van der Waals surface area (Å²) in [6, 6.07) is 8.89. The molecule has 5 nitrogen and oxygen atoms in total. The van der Waals surface area contributed by atoms with Gasteiger partial charge in [0.15, 0.2) is 11.6 Å². The van der Waals surface area contributed by atoms with E-state index in [4.69, 9.17) is 4.74 Å². The van der Waals surface area contributed by atoms with Crippen LogP contribution in [0.25, 0.3) is 0 Å². The van der Waals surface area contributed by atoms with Crippen LogP contribution >= 0.6 is 0 Å². The highest BCUT2D eigenvalue weighted by Gasteiger charge is 2.12. The highest BCUT2D eigenvalue weighted by atomic mass is 19.3. The molecule has 2 amide bonds. The number of amides is 2. The summed E-state index contributed by atoms with van der Waals surface area (Å²) in [5.74, 6) is -0.418. The van der Waals surface area contributed by atoms with Gasteiger partial charge in [0.1, 0.15) is 5.75 Å². The lowest BCUT2D eigenvalue weighted by atomic mass is 10.1. The van der Waals surface area contributed by atoms with Crippen LogP contribution in [-0.2, 0) is 0 Å². The van der Waals surface area contributed by atoms with Crippen molar-refractivity contribution in [1.82, 2.24) is 5.32 Å². The zero-order valence-electron chi connectivity index (χ0n) is 13.6. The molecule has 0 bridgehead atoms. The molecule has 0 unspecified atom stereocenters. The van der Waals surface area contributed by atoms with Crippen LogP contribution in [0.1, 0.15) is 18.5 Å². The van der Waals surface area contributed by atoms with E-state index in [9.17, 15) is 18.0 Å². The van der Waals surface area contributed by atoms with E-state index in [-0.39, 0.29) is 11.5 Å². The highest BCUT2D eigenvalue weighted by Crippen LogP contribution is 2.22. The second-order valence-corrected chi connectivity index (χ2v) is 5.12. The lowest BCUT2D eigenvalue weighted by Gasteiger charge is -2.16. The zero-order valence-corrected chi connectivity index (χ0v) is 13.6. The van der Waals surface area contributed by atoms with Crippen molar-refractivity contribution < 1.29 is 27.4 Å². The number of urea groups is 1. The third-order valence-electron chi connectivity index (χ3n) is 3.36. The Morgan fingerprint density at radius 1 is 1.12 bits per heavy atom. The molecule has 0 saturated carbocycles. The van der Waals surface area contributed by atoms with Crippen molar-refractivity contribution in [2.45, 2.75) is 19.6 Å². The van der Waals surface area contributed by atoms with E-state index >= 15 is 0 Å². The van der Waals surface area contributed by atoms with E-state index in [1.165, 1.54) is 43.5 Å². The van der Waals surface area contributed by atoms with Crippen LogP contribution in [0, 0.1) is 5.82 Å². The van der Waals surface area contributed by atoms with E-state index in [0.717, 1.165) is 0 Å². The fourth-order valence-corrected chi connectivity index (χ4v) is 2.12. The van der Waals surface area contributed by atoms with Gasteiger partial charge < -0.3 is 20.1 Å². The molecule has 25 heavy (non-hydrogen) atoms. The van der Waals surface area contributed by atoms with Crippen LogP contribution in [0.3, 0.4) is 0 Å². The molecule has 2 aromatic rings. The predicted octanol–water partition coefficient (Wildman–Crippen LogP) is 4.32. The van der Waals surface area contributed by atoms with Gasteiger partial charge >= 0.3 is 12.6 Å². The average Bonchev–Trinajstić information content (AvgIpc) is 2.56. The van der Waals surface area contributed by atoms with Crippen LogP contribution in [0.15, 0.2) is 42.5 Å². The van der Waals surface area contributed by atoms with Gasteiger partial charge in [-0.3, -0.25) is 0 Å². The van der Waals surface area contributed by atoms with Crippen LogP contribution in [0.4, 0.5) is 23.7 Å². The Balaban J connectivity index is 1.94. The van der Waals surface area contributed by atoms with Gasteiger partial charge in [-0.05, 0) is 48.9 Å². The van der Waals surface area contributed by atoms with Gasteiger partial charge in [-0.2, -0.15) is 8.78 Å². The lowest BCUT2D eigenvalue weighted by Crippen LogP contribution is -2.31. The van der Waals surface area contributed by atoms with Crippen LogP contribution in [0.2, 0.25) is 0 Å². The molecule has 0 saturated heterocycles. The maximum absolute atomic E-state index is 13.7. The first kappa shape index (κ1) is 18.4. The Bertz CT molecular complexity index is 724. The Hall–Kier alpha value is -2.90. The normalized spacial score (nSPS) is 11.8. The maximum atomic E-state index is 13.7. The SMILES string of the molecule is COc1ccc([C@H](C)NC(=O)Nc2ccc(OC(F)F)cc2)cc1F. The minimum absolute atomic E-state index is 0.0111. The molecular formula is C17H17F3N2O3. The third kappa shape index (κ3) is 5.30. The van der Waals surface area contributed by atoms with E-state index < -0.39 is 24.5 Å². The number of nitrogens with one attached hydrogen (secondary N) is 2. The van der Waals surface area contributed by atoms with Gasteiger partial charge in [0.2, 0.25) is 0 Å². The molecular weight excluding hydrogens is 337 g/mol. The van der Waals surface area contributed by atoms with Gasteiger partial charge in [0.05, 0.1) is 13.2 Å². The van der Waals surface area contributed by atoms with E-state index in [0.29, 0.717) is 11.3 Å². The zero-order chi connectivity index (χ0) is 18.4. The van der Waals surface area contributed by atoms with Crippen LogP contribution in [-0.4, -0.2) is 19.8 Å². The number of benzene rings is 2. The summed E-state index contributed by atoms with van der Waals surface area (Å²) in [6.45, 7) is -1.21. The van der Waals surface area contributed by atoms with Gasteiger partial charge in [-0.25, -0.2) is 9.18 Å². The van der Waals surface area contributed by atoms with Crippen LogP contribution in [0.5, 0.6) is 11.5 Å². The molecule has 0 radical (unpaired) electrons. The molecule has 2 N–H and O–H groups in total. The molecule has 2 rings (SSSR count). The summed E-state index contributed by atoms with van der Waals surface area (Å²) in [7, 11) is 1.37. The van der Waals surface area contributed by atoms with Gasteiger partial charge in [-0.1, -0.05) is 6.07 Å².